The summed E-state index contributed by atoms with van der Waals surface area (Å²) in [7, 11) is -2.28. The van der Waals surface area contributed by atoms with Crippen molar-refractivity contribution in [3.05, 3.63) is 35.9 Å². The average molecular weight is 529 g/mol. The van der Waals surface area contributed by atoms with E-state index in [4.69, 9.17) is 20.3 Å². The highest BCUT2D eigenvalue weighted by Crippen LogP contribution is 2.56. The molecule has 0 aromatic heterocycles. The minimum atomic E-state index is -2.28. The van der Waals surface area contributed by atoms with Gasteiger partial charge in [0.25, 0.3) is 0 Å². The van der Waals surface area contributed by atoms with Gasteiger partial charge >= 0.3 is 11.9 Å². The molecule has 6 heteroatoms. The Morgan fingerprint density at radius 1 is 0.946 bits per heavy atom. The first-order valence-electron chi connectivity index (χ1n) is 14.0. The van der Waals surface area contributed by atoms with Gasteiger partial charge in [-0.05, 0) is 55.8 Å². The lowest BCUT2D eigenvalue weighted by Crippen LogP contribution is -2.57. The van der Waals surface area contributed by atoms with E-state index < -0.39 is 31.6 Å². The van der Waals surface area contributed by atoms with Gasteiger partial charge < -0.3 is 13.9 Å². The van der Waals surface area contributed by atoms with Gasteiger partial charge in [0.2, 0.25) is 8.32 Å². The molecule has 4 atom stereocenters. The summed E-state index contributed by atoms with van der Waals surface area (Å²) < 4.78 is 18.4. The van der Waals surface area contributed by atoms with Crippen LogP contribution in [0.4, 0.5) is 0 Å². The van der Waals surface area contributed by atoms with E-state index in [9.17, 15) is 9.59 Å². The highest BCUT2D eigenvalue weighted by atomic mass is 28.4. The molecule has 5 nitrogen and oxygen atoms in total. The van der Waals surface area contributed by atoms with Gasteiger partial charge in [0.15, 0.2) is 5.41 Å². The zero-order chi connectivity index (χ0) is 28.0. The van der Waals surface area contributed by atoms with Crippen LogP contribution in [0.5, 0.6) is 0 Å². The molecule has 1 fully saturated rings. The topological polar surface area (TPSA) is 61.8 Å². The third kappa shape index (κ3) is 5.83. The highest BCUT2D eigenvalue weighted by Gasteiger charge is 2.62. The molecule has 1 aromatic rings. The molecule has 1 saturated carbocycles. The molecule has 1 aromatic carbocycles. The second-order valence-corrected chi connectivity index (χ2v) is 16.7. The number of ether oxygens (including phenoxy) is 2. The van der Waals surface area contributed by atoms with Gasteiger partial charge in [-0.3, -0.25) is 9.59 Å². The quantitative estimate of drug-likeness (QED) is 0.132. The summed E-state index contributed by atoms with van der Waals surface area (Å²) >= 11 is 0. The third-order valence-electron chi connectivity index (χ3n) is 8.52. The minimum absolute atomic E-state index is 0.157. The second kappa shape index (κ2) is 13.1. The van der Waals surface area contributed by atoms with Crippen LogP contribution in [0, 0.1) is 29.6 Å². The van der Waals surface area contributed by atoms with Gasteiger partial charge in [-0.1, -0.05) is 71.9 Å². The molecule has 0 heterocycles. The first-order chi connectivity index (χ1) is 17.4. The summed E-state index contributed by atoms with van der Waals surface area (Å²) in [6.45, 7) is 19.5. The summed E-state index contributed by atoms with van der Waals surface area (Å²) in [5.74, 6) is 0.999. The number of hydrogen-bond donors (Lipinski definition) is 0. The van der Waals surface area contributed by atoms with Crippen LogP contribution in [0.15, 0.2) is 30.3 Å². The van der Waals surface area contributed by atoms with Crippen molar-refractivity contribution < 1.29 is 23.5 Å². The standard InChI is InChI=1S/C31H48O5Si/c1-11-25-19-20-31(29(32)34-12-2,30(33)35-13-3)28(26-17-15-14-16-18-26)27(25)24(10)36-37(21(4)5,22(6)7)23(8)9/h1,14-18,21-25,27-28H,12-13,19-20H2,2-10H3/t24?,25-,27-,28+/m0/s1. The van der Waals surface area contributed by atoms with Crippen LogP contribution in [0.25, 0.3) is 0 Å². The maximum atomic E-state index is 13.8. The third-order valence-corrected chi connectivity index (χ3v) is 14.7. The molecule has 1 aliphatic rings. The lowest BCUT2D eigenvalue weighted by atomic mass is 9.55. The van der Waals surface area contributed by atoms with Crippen molar-refractivity contribution in [1.82, 2.24) is 0 Å². The Hall–Kier alpha value is -2.10. The fourth-order valence-corrected chi connectivity index (χ4v) is 12.7. The fourth-order valence-electron chi connectivity index (χ4n) is 7.12. The zero-order valence-electron chi connectivity index (χ0n) is 24.4. The second-order valence-electron chi connectivity index (χ2n) is 11.3. The number of terminal acetylenes is 1. The summed E-state index contributed by atoms with van der Waals surface area (Å²) in [6.07, 6.45) is 6.68. The Labute approximate surface area is 226 Å². The molecule has 0 radical (unpaired) electrons. The van der Waals surface area contributed by atoms with Crippen LogP contribution >= 0.6 is 0 Å². The maximum absolute atomic E-state index is 13.8. The smallest absolute Gasteiger partial charge is 0.324 e. The number of carbonyl (C=O) groups excluding carboxylic acids is 2. The lowest BCUT2D eigenvalue weighted by Gasteiger charge is -2.52. The molecule has 1 unspecified atom stereocenters. The number of rotatable bonds is 11. The Morgan fingerprint density at radius 2 is 1.43 bits per heavy atom. The average Bonchev–Trinajstić information content (AvgIpc) is 2.86. The summed E-state index contributed by atoms with van der Waals surface area (Å²) in [4.78, 5) is 27.6. The summed E-state index contributed by atoms with van der Waals surface area (Å²) in [6, 6.07) is 9.77. The van der Waals surface area contributed by atoms with Crippen molar-refractivity contribution in [1.29, 1.82) is 0 Å². The van der Waals surface area contributed by atoms with E-state index in [0.717, 1.165) is 5.56 Å². The molecule has 37 heavy (non-hydrogen) atoms. The van der Waals surface area contributed by atoms with Crippen molar-refractivity contribution in [2.45, 2.75) is 104 Å². The van der Waals surface area contributed by atoms with Crippen molar-refractivity contribution in [3.8, 4) is 12.3 Å². The first kappa shape index (κ1) is 31.1. The van der Waals surface area contributed by atoms with Crippen LogP contribution in [-0.2, 0) is 23.5 Å². The van der Waals surface area contributed by atoms with Gasteiger partial charge in [0, 0.05) is 23.9 Å². The van der Waals surface area contributed by atoms with E-state index in [2.05, 4.69) is 54.4 Å². The molecular formula is C31H48O5Si. The van der Waals surface area contributed by atoms with Gasteiger partial charge in [-0.25, -0.2) is 0 Å². The van der Waals surface area contributed by atoms with E-state index in [1.54, 1.807) is 13.8 Å². The molecule has 2 rings (SSSR count). The number of benzene rings is 1. The Bertz CT molecular complexity index is 893. The Morgan fingerprint density at radius 3 is 1.84 bits per heavy atom. The Balaban J connectivity index is 2.81. The molecule has 0 N–H and O–H groups in total. The van der Waals surface area contributed by atoms with Crippen LogP contribution in [0.2, 0.25) is 16.6 Å². The molecule has 0 saturated heterocycles. The molecular weight excluding hydrogens is 480 g/mol. The lowest BCUT2D eigenvalue weighted by molar-refractivity contribution is -0.180. The molecule has 0 spiro atoms. The fraction of sp³-hybridized carbons (Fsp3) is 0.677. The number of hydrogen-bond acceptors (Lipinski definition) is 5. The predicted molar refractivity (Wildman–Crippen MR) is 152 cm³/mol. The summed E-state index contributed by atoms with van der Waals surface area (Å²) in [5.41, 5.74) is 0.560. The van der Waals surface area contributed by atoms with E-state index >= 15 is 0 Å². The van der Waals surface area contributed by atoms with E-state index in [1.165, 1.54) is 0 Å². The highest BCUT2D eigenvalue weighted by molar-refractivity contribution is 6.77. The van der Waals surface area contributed by atoms with E-state index in [1.807, 2.05) is 30.3 Å². The van der Waals surface area contributed by atoms with Gasteiger partial charge in [0.1, 0.15) is 0 Å². The monoisotopic (exact) mass is 528 g/mol. The first-order valence-corrected chi connectivity index (χ1v) is 16.1. The molecule has 0 bridgehead atoms. The molecule has 206 valence electrons. The normalized spacial score (nSPS) is 22.5. The van der Waals surface area contributed by atoms with Crippen LogP contribution < -0.4 is 0 Å². The predicted octanol–water partition coefficient (Wildman–Crippen LogP) is 7.12. The molecule has 0 amide bonds. The van der Waals surface area contributed by atoms with E-state index in [0.29, 0.717) is 23.0 Å². The number of esters is 2. The largest absolute Gasteiger partial charge is 0.465 e. The van der Waals surface area contributed by atoms with Crippen molar-refractivity contribution in [2.75, 3.05) is 13.2 Å². The van der Waals surface area contributed by atoms with Crippen molar-refractivity contribution >= 4 is 20.3 Å². The van der Waals surface area contributed by atoms with Gasteiger partial charge in [-0.2, -0.15) is 0 Å². The van der Waals surface area contributed by atoms with E-state index in [-0.39, 0.29) is 37.6 Å². The molecule has 1 aliphatic carbocycles. The minimum Gasteiger partial charge on any atom is -0.465 e. The molecule has 0 aliphatic heterocycles. The van der Waals surface area contributed by atoms with Crippen LogP contribution in [0.3, 0.4) is 0 Å². The van der Waals surface area contributed by atoms with Crippen molar-refractivity contribution in [2.24, 2.45) is 17.3 Å². The SMILES string of the molecule is C#C[C@H]1CCC(C(=O)OCC)(C(=O)OCC)[C@H](c2ccccc2)[C@H]1C(C)O[Si](C(C)C)(C(C)C)C(C)C. The Kier molecular flexibility index (Phi) is 11.0. The summed E-state index contributed by atoms with van der Waals surface area (Å²) in [5, 5.41) is 0. The van der Waals surface area contributed by atoms with Gasteiger partial charge in [0.05, 0.1) is 13.2 Å². The number of carbonyl (C=O) groups is 2. The van der Waals surface area contributed by atoms with Crippen LogP contribution in [0.1, 0.15) is 86.6 Å². The van der Waals surface area contributed by atoms with Gasteiger partial charge in [-0.15, -0.1) is 12.3 Å². The maximum Gasteiger partial charge on any atom is 0.324 e. The van der Waals surface area contributed by atoms with Crippen molar-refractivity contribution in [3.63, 3.8) is 0 Å². The zero-order valence-corrected chi connectivity index (χ0v) is 25.4. The van der Waals surface area contributed by atoms with Crippen LogP contribution in [-0.4, -0.2) is 39.6 Å².